The fourth-order valence-electron chi connectivity index (χ4n) is 1.78. The lowest BCUT2D eigenvalue weighted by atomic mass is 10.2. The van der Waals surface area contributed by atoms with Crippen molar-refractivity contribution in [3.05, 3.63) is 23.2 Å². The zero-order valence-electron chi connectivity index (χ0n) is 11.7. The SMILES string of the molecule is CCOC(=O)c1nnn(CCOCCO)c1-c1cccs1. The smallest absolute Gasteiger partial charge is 0.361 e. The Morgan fingerprint density at radius 3 is 3.00 bits per heavy atom. The van der Waals surface area contributed by atoms with E-state index in [9.17, 15) is 4.79 Å². The summed E-state index contributed by atoms with van der Waals surface area (Å²) in [5.41, 5.74) is 0.845. The highest BCUT2D eigenvalue weighted by molar-refractivity contribution is 7.13. The summed E-state index contributed by atoms with van der Waals surface area (Å²) in [6.07, 6.45) is 0. The molecule has 0 aliphatic heterocycles. The van der Waals surface area contributed by atoms with Gasteiger partial charge in [-0.15, -0.1) is 16.4 Å². The van der Waals surface area contributed by atoms with Gasteiger partial charge in [-0.25, -0.2) is 9.48 Å². The molecule has 0 unspecified atom stereocenters. The van der Waals surface area contributed by atoms with Crippen LogP contribution in [-0.4, -0.2) is 52.5 Å². The molecule has 0 fully saturated rings. The molecule has 2 heterocycles. The van der Waals surface area contributed by atoms with E-state index in [0.717, 1.165) is 4.88 Å². The maximum atomic E-state index is 12.0. The first kappa shape index (κ1) is 15.6. The van der Waals surface area contributed by atoms with Crippen LogP contribution >= 0.6 is 11.3 Å². The van der Waals surface area contributed by atoms with Crippen LogP contribution in [0.15, 0.2) is 17.5 Å². The highest BCUT2D eigenvalue weighted by Crippen LogP contribution is 2.27. The first-order valence-corrected chi connectivity index (χ1v) is 7.49. The van der Waals surface area contributed by atoms with Crippen molar-refractivity contribution < 1.29 is 19.4 Å². The normalized spacial score (nSPS) is 10.8. The molecular formula is C13H17N3O4S. The number of aliphatic hydroxyl groups excluding tert-OH is 1. The van der Waals surface area contributed by atoms with E-state index >= 15 is 0 Å². The molecule has 0 bridgehead atoms. The molecule has 7 nitrogen and oxygen atoms in total. The number of esters is 1. The van der Waals surface area contributed by atoms with E-state index < -0.39 is 5.97 Å². The Labute approximate surface area is 126 Å². The lowest BCUT2D eigenvalue weighted by molar-refractivity contribution is 0.0520. The first-order valence-electron chi connectivity index (χ1n) is 6.61. The Balaban J connectivity index is 2.22. The van der Waals surface area contributed by atoms with E-state index in [4.69, 9.17) is 14.6 Å². The molecule has 2 aromatic heterocycles. The van der Waals surface area contributed by atoms with Crippen molar-refractivity contribution in [3.63, 3.8) is 0 Å². The van der Waals surface area contributed by atoms with Crippen LogP contribution in [0.5, 0.6) is 0 Å². The van der Waals surface area contributed by atoms with Crippen molar-refractivity contribution in [2.75, 3.05) is 26.4 Å². The van der Waals surface area contributed by atoms with Crippen LogP contribution in [0.2, 0.25) is 0 Å². The lowest BCUT2D eigenvalue weighted by Gasteiger charge is -2.06. The van der Waals surface area contributed by atoms with Crippen molar-refractivity contribution in [3.8, 4) is 10.6 Å². The molecule has 2 aromatic rings. The van der Waals surface area contributed by atoms with Crippen molar-refractivity contribution in [1.29, 1.82) is 0 Å². The van der Waals surface area contributed by atoms with Gasteiger partial charge < -0.3 is 14.6 Å². The summed E-state index contributed by atoms with van der Waals surface area (Å²) in [4.78, 5) is 12.8. The van der Waals surface area contributed by atoms with Crippen LogP contribution in [0.25, 0.3) is 10.6 Å². The Morgan fingerprint density at radius 2 is 2.33 bits per heavy atom. The number of thiophene rings is 1. The standard InChI is InChI=1S/C13H17N3O4S/c1-2-20-13(18)11-12(10-4-3-9-21-10)16(15-14-11)5-7-19-8-6-17/h3-4,9,17H,2,5-8H2,1H3. The summed E-state index contributed by atoms with van der Waals surface area (Å²) >= 11 is 1.50. The third-order valence-electron chi connectivity index (χ3n) is 2.64. The molecule has 0 saturated carbocycles. The largest absolute Gasteiger partial charge is 0.461 e. The molecule has 114 valence electrons. The van der Waals surface area contributed by atoms with Gasteiger partial charge in [0.2, 0.25) is 0 Å². The van der Waals surface area contributed by atoms with Gasteiger partial charge in [0, 0.05) is 0 Å². The van der Waals surface area contributed by atoms with Gasteiger partial charge in [-0.3, -0.25) is 0 Å². The van der Waals surface area contributed by atoms with E-state index in [-0.39, 0.29) is 25.5 Å². The monoisotopic (exact) mass is 311 g/mol. The van der Waals surface area contributed by atoms with E-state index in [0.29, 0.717) is 18.8 Å². The van der Waals surface area contributed by atoms with E-state index in [2.05, 4.69) is 10.3 Å². The Morgan fingerprint density at radius 1 is 1.48 bits per heavy atom. The molecular weight excluding hydrogens is 294 g/mol. The highest BCUT2D eigenvalue weighted by Gasteiger charge is 2.22. The Bertz CT molecular complexity index is 568. The van der Waals surface area contributed by atoms with Crippen LogP contribution in [0, 0.1) is 0 Å². The molecule has 0 amide bonds. The summed E-state index contributed by atoms with van der Waals surface area (Å²) in [5, 5.41) is 18.5. The molecule has 21 heavy (non-hydrogen) atoms. The number of aliphatic hydroxyl groups is 1. The summed E-state index contributed by atoms with van der Waals surface area (Å²) < 4.78 is 11.9. The van der Waals surface area contributed by atoms with Gasteiger partial charge in [0.05, 0.1) is 37.8 Å². The molecule has 8 heteroatoms. The molecule has 0 atom stereocenters. The summed E-state index contributed by atoms with van der Waals surface area (Å²) in [6.45, 7) is 3.10. The van der Waals surface area contributed by atoms with Crippen molar-refractivity contribution in [2.45, 2.75) is 13.5 Å². The minimum atomic E-state index is -0.483. The predicted octanol–water partition coefficient (Wildman–Crippen LogP) is 1.19. The highest BCUT2D eigenvalue weighted by atomic mass is 32.1. The number of rotatable bonds is 8. The number of ether oxygens (including phenoxy) is 2. The van der Waals surface area contributed by atoms with E-state index in [1.54, 1.807) is 11.6 Å². The topological polar surface area (TPSA) is 86.5 Å². The van der Waals surface area contributed by atoms with Crippen LogP contribution in [0.1, 0.15) is 17.4 Å². The molecule has 0 aliphatic rings. The second-order valence-corrected chi connectivity index (χ2v) is 4.99. The van der Waals surface area contributed by atoms with E-state index in [1.807, 2.05) is 17.5 Å². The number of carbonyl (C=O) groups is 1. The van der Waals surface area contributed by atoms with Gasteiger partial charge >= 0.3 is 5.97 Å². The van der Waals surface area contributed by atoms with E-state index in [1.165, 1.54) is 11.3 Å². The molecule has 1 N–H and O–H groups in total. The lowest BCUT2D eigenvalue weighted by Crippen LogP contribution is -2.11. The van der Waals surface area contributed by atoms with Gasteiger partial charge in [0.25, 0.3) is 0 Å². The van der Waals surface area contributed by atoms with Gasteiger partial charge in [0.15, 0.2) is 5.69 Å². The molecule has 0 aliphatic carbocycles. The molecule has 0 aromatic carbocycles. The minimum Gasteiger partial charge on any atom is -0.461 e. The third-order valence-corrected chi connectivity index (χ3v) is 3.52. The first-order chi connectivity index (χ1) is 10.3. The number of nitrogens with zero attached hydrogens (tertiary/aromatic N) is 3. The second kappa shape index (κ2) is 7.87. The quantitative estimate of drug-likeness (QED) is 0.582. The molecule has 2 rings (SSSR count). The van der Waals surface area contributed by atoms with Crippen LogP contribution in [0.3, 0.4) is 0 Å². The van der Waals surface area contributed by atoms with Crippen LogP contribution in [0.4, 0.5) is 0 Å². The van der Waals surface area contributed by atoms with Gasteiger partial charge in [0.1, 0.15) is 5.69 Å². The van der Waals surface area contributed by atoms with Crippen LogP contribution < -0.4 is 0 Å². The van der Waals surface area contributed by atoms with Crippen LogP contribution in [-0.2, 0) is 16.0 Å². The molecule has 0 saturated heterocycles. The fraction of sp³-hybridized carbons (Fsp3) is 0.462. The third kappa shape index (κ3) is 3.87. The summed E-state index contributed by atoms with van der Waals surface area (Å²) in [5.74, 6) is -0.483. The summed E-state index contributed by atoms with van der Waals surface area (Å²) in [7, 11) is 0. The number of aromatic nitrogens is 3. The Kier molecular flexibility index (Phi) is 5.85. The maximum absolute atomic E-state index is 12.0. The van der Waals surface area contributed by atoms with Gasteiger partial charge in [-0.05, 0) is 18.4 Å². The summed E-state index contributed by atoms with van der Waals surface area (Å²) in [6, 6.07) is 3.80. The van der Waals surface area contributed by atoms with Crippen molar-refractivity contribution in [2.24, 2.45) is 0 Å². The molecule has 0 radical (unpaired) electrons. The predicted molar refractivity (Wildman–Crippen MR) is 77.2 cm³/mol. The fourth-order valence-corrected chi connectivity index (χ4v) is 2.56. The van der Waals surface area contributed by atoms with Gasteiger partial charge in [-0.2, -0.15) is 0 Å². The van der Waals surface area contributed by atoms with Crippen molar-refractivity contribution >= 4 is 17.3 Å². The average Bonchev–Trinajstić information content (AvgIpc) is 3.12. The molecule has 0 spiro atoms. The average molecular weight is 311 g/mol. The zero-order valence-corrected chi connectivity index (χ0v) is 12.5. The van der Waals surface area contributed by atoms with Crippen molar-refractivity contribution in [1.82, 2.24) is 15.0 Å². The number of hydrogen-bond acceptors (Lipinski definition) is 7. The second-order valence-electron chi connectivity index (χ2n) is 4.04. The zero-order chi connectivity index (χ0) is 15.1. The van der Waals surface area contributed by atoms with Gasteiger partial charge in [-0.1, -0.05) is 11.3 Å². The maximum Gasteiger partial charge on any atom is 0.361 e. The number of carbonyl (C=O) groups excluding carboxylic acids is 1. The number of hydrogen-bond donors (Lipinski definition) is 1. The Hall–Kier alpha value is -1.77. The minimum absolute atomic E-state index is 0.0246.